The minimum atomic E-state index is 0.175. The van der Waals surface area contributed by atoms with Crippen LogP contribution in [0.15, 0.2) is 67.3 Å². The third-order valence-corrected chi connectivity index (χ3v) is 3.68. The number of nitrogens with one attached hydrogen (secondary N) is 1. The van der Waals surface area contributed by atoms with Crippen LogP contribution < -0.4 is 5.32 Å². The third-order valence-electron chi connectivity index (χ3n) is 3.68. The van der Waals surface area contributed by atoms with Gasteiger partial charge in [0.15, 0.2) is 0 Å². The Labute approximate surface area is 113 Å². The summed E-state index contributed by atoms with van der Waals surface area (Å²) < 4.78 is 0. The molecule has 1 nitrogen and oxygen atoms in total. The van der Waals surface area contributed by atoms with E-state index in [4.69, 9.17) is 0 Å². The minimum absolute atomic E-state index is 0.175. The first-order valence-corrected chi connectivity index (χ1v) is 6.55. The number of fused-ring (bicyclic) bond motifs is 3. The van der Waals surface area contributed by atoms with Gasteiger partial charge in [-0.05, 0) is 40.2 Å². The average molecular weight is 247 g/mol. The molecule has 0 saturated carbocycles. The van der Waals surface area contributed by atoms with Gasteiger partial charge in [0.25, 0.3) is 0 Å². The van der Waals surface area contributed by atoms with Gasteiger partial charge in [-0.3, -0.25) is 0 Å². The highest BCUT2D eigenvalue weighted by atomic mass is 14.9. The van der Waals surface area contributed by atoms with Crippen molar-refractivity contribution in [3.8, 4) is 0 Å². The summed E-state index contributed by atoms with van der Waals surface area (Å²) in [7, 11) is 1.97. The molecule has 0 saturated heterocycles. The Hall–Kier alpha value is -2.12. The fraction of sp³-hybridized carbons (Fsp3) is 0.111. The van der Waals surface area contributed by atoms with Gasteiger partial charge in [-0.1, -0.05) is 54.6 Å². The number of benzene rings is 3. The second-order valence-electron chi connectivity index (χ2n) is 4.73. The van der Waals surface area contributed by atoms with Crippen molar-refractivity contribution in [3.05, 3.63) is 72.8 Å². The van der Waals surface area contributed by atoms with E-state index in [-0.39, 0.29) is 6.04 Å². The summed E-state index contributed by atoms with van der Waals surface area (Å²) in [4.78, 5) is 0. The molecule has 0 spiro atoms. The van der Waals surface area contributed by atoms with Crippen LogP contribution in [0.5, 0.6) is 0 Å². The highest BCUT2D eigenvalue weighted by Crippen LogP contribution is 2.32. The lowest BCUT2D eigenvalue weighted by molar-refractivity contribution is 0.722. The van der Waals surface area contributed by atoms with Crippen molar-refractivity contribution in [1.82, 2.24) is 5.32 Å². The Bertz CT molecular complexity index is 743. The van der Waals surface area contributed by atoms with Crippen molar-refractivity contribution in [3.63, 3.8) is 0 Å². The first kappa shape index (κ1) is 11.9. The lowest BCUT2D eigenvalue weighted by Crippen LogP contribution is -2.13. The first-order valence-electron chi connectivity index (χ1n) is 6.55. The van der Waals surface area contributed by atoms with E-state index in [2.05, 4.69) is 66.5 Å². The molecule has 0 amide bonds. The van der Waals surface area contributed by atoms with Crippen molar-refractivity contribution in [2.45, 2.75) is 6.04 Å². The topological polar surface area (TPSA) is 12.0 Å². The molecule has 0 aliphatic heterocycles. The van der Waals surface area contributed by atoms with Gasteiger partial charge >= 0.3 is 0 Å². The molecule has 19 heavy (non-hydrogen) atoms. The molecule has 1 N–H and O–H groups in total. The van der Waals surface area contributed by atoms with Crippen LogP contribution in [-0.4, -0.2) is 7.05 Å². The lowest BCUT2D eigenvalue weighted by Gasteiger charge is -2.16. The molecule has 1 heteroatoms. The van der Waals surface area contributed by atoms with Crippen molar-refractivity contribution in [2.24, 2.45) is 0 Å². The summed E-state index contributed by atoms with van der Waals surface area (Å²) in [5.41, 5.74) is 1.28. The maximum atomic E-state index is 3.93. The standard InChI is InChI=1S/C18H17N/c1-3-18(19-2)17-12-13-8-4-5-9-14(13)15-10-6-7-11-16(15)17/h3-12,18-19H,1H2,2H3. The molecule has 0 fully saturated rings. The van der Waals surface area contributed by atoms with Crippen LogP contribution in [0.2, 0.25) is 0 Å². The van der Waals surface area contributed by atoms with Crippen molar-refractivity contribution in [2.75, 3.05) is 7.05 Å². The van der Waals surface area contributed by atoms with Crippen LogP contribution in [0.3, 0.4) is 0 Å². The van der Waals surface area contributed by atoms with Gasteiger partial charge < -0.3 is 5.32 Å². The highest BCUT2D eigenvalue weighted by molar-refractivity contribution is 6.09. The molecule has 0 bridgehead atoms. The van der Waals surface area contributed by atoms with E-state index in [1.165, 1.54) is 27.1 Å². The average Bonchev–Trinajstić information content (AvgIpc) is 2.48. The van der Waals surface area contributed by atoms with Gasteiger partial charge in [-0.15, -0.1) is 6.58 Å². The van der Waals surface area contributed by atoms with Gasteiger partial charge in [0.05, 0.1) is 6.04 Å². The summed E-state index contributed by atoms with van der Waals surface area (Å²) >= 11 is 0. The Kier molecular flexibility index (Phi) is 3.06. The maximum Gasteiger partial charge on any atom is 0.0507 e. The highest BCUT2D eigenvalue weighted by Gasteiger charge is 2.11. The van der Waals surface area contributed by atoms with Crippen LogP contribution in [0.1, 0.15) is 11.6 Å². The zero-order valence-corrected chi connectivity index (χ0v) is 11.1. The van der Waals surface area contributed by atoms with Crippen LogP contribution in [-0.2, 0) is 0 Å². The summed E-state index contributed by atoms with van der Waals surface area (Å²) in [5.74, 6) is 0. The van der Waals surface area contributed by atoms with E-state index in [0.717, 1.165) is 0 Å². The summed E-state index contributed by atoms with van der Waals surface area (Å²) in [6.45, 7) is 3.93. The quantitative estimate of drug-likeness (QED) is 0.533. The minimum Gasteiger partial charge on any atom is -0.310 e. The molecule has 3 rings (SSSR count). The van der Waals surface area contributed by atoms with E-state index >= 15 is 0 Å². The molecule has 0 heterocycles. The number of hydrogen-bond donors (Lipinski definition) is 1. The maximum absolute atomic E-state index is 3.93. The fourth-order valence-corrected chi connectivity index (χ4v) is 2.74. The molecule has 3 aromatic carbocycles. The molecule has 0 aliphatic carbocycles. The van der Waals surface area contributed by atoms with Crippen molar-refractivity contribution >= 4 is 21.5 Å². The molecular weight excluding hydrogens is 230 g/mol. The first-order chi connectivity index (χ1) is 9.35. The van der Waals surface area contributed by atoms with Gasteiger partial charge in [-0.2, -0.15) is 0 Å². The van der Waals surface area contributed by atoms with Crippen molar-refractivity contribution in [1.29, 1.82) is 0 Å². The van der Waals surface area contributed by atoms with E-state index in [1.807, 2.05) is 13.1 Å². The van der Waals surface area contributed by atoms with Crippen LogP contribution >= 0.6 is 0 Å². The zero-order valence-electron chi connectivity index (χ0n) is 11.1. The Morgan fingerprint density at radius 2 is 1.58 bits per heavy atom. The largest absolute Gasteiger partial charge is 0.310 e. The fourth-order valence-electron chi connectivity index (χ4n) is 2.74. The second-order valence-corrected chi connectivity index (χ2v) is 4.73. The number of rotatable bonds is 3. The van der Waals surface area contributed by atoms with E-state index in [1.54, 1.807) is 0 Å². The molecule has 1 unspecified atom stereocenters. The van der Waals surface area contributed by atoms with E-state index in [9.17, 15) is 0 Å². The summed E-state index contributed by atoms with van der Waals surface area (Å²) in [6.07, 6.45) is 1.95. The van der Waals surface area contributed by atoms with Crippen LogP contribution in [0, 0.1) is 0 Å². The molecule has 3 aromatic rings. The molecular formula is C18H17N. The Morgan fingerprint density at radius 1 is 0.947 bits per heavy atom. The van der Waals surface area contributed by atoms with E-state index in [0.29, 0.717) is 0 Å². The third kappa shape index (κ3) is 1.92. The van der Waals surface area contributed by atoms with E-state index < -0.39 is 0 Å². The Morgan fingerprint density at radius 3 is 2.26 bits per heavy atom. The van der Waals surface area contributed by atoms with Gasteiger partial charge in [0.2, 0.25) is 0 Å². The predicted octanol–water partition coefficient (Wildman–Crippen LogP) is 4.44. The molecule has 94 valence electrons. The van der Waals surface area contributed by atoms with Gasteiger partial charge in [0.1, 0.15) is 0 Å². The number of likely N-dealkylation sites (N-methyl/N-ethyl adjacent to an activating group) is 1. The normalized spacial score (nSPS) is 12.7. The smallest absolute Gasteiger partial charge is 0.0507 e. The second kappa shape index (κ2) is 4.87. The summed E-state index contributed by atoms with van der Waals surface area (Å²) in [6, 6.07) is 19.5. The molecule has 1 atom stereocenters. The molecule has 0 radical (unpaired) electrons. The van der Waals surface area contributed by atoms with Gasteiger partial charge in [0, 0.05) is 0 Å². The van der Waals surface area contributed by atoms with Crippen LogP contribution in [0.4, 0.5) is 0 Å². The zero-order chi connectivity index (χ0) is 13.2. The predicted molar refractivity (Wildman–Crippen MR) is 83.5 cm³/mol. The van der Waals surface area contributed by atoms with Crippen molar-refractivity contribution < 1.29 is 0 Å². The SMILES string of the molecule is C=CC(NC)c1cc2ccccc2c2ccccc12. The van der Waals surface area contributed by atoms with Crippen LogP contribution in [0.25, 0.3) is 21.5 Å². The summed E-state index contributed by atoms with van der Waals surface area (Å²) in [5, 5.41) is 8.48. The molecule has 0 aromatic heterocycles. The molecule has 0 aliphatic rings. The van der Waals surface area contributed by atoms with Gasteiger partial charge in [-0.25, -0.2) is 0 Å². The lowest BCUT2D eigenvalue weighted by atomic mass is 9.93. The Balaban J connectivity index is 2.45. The number of hydrogen-bond acceptors (Lipinski definition) is 1. The monoisotopic (exact) mass is 247 g/mol.